The lowest BCUT2D eigenvalue weighted by atomic mass is 9.36. The van der Waals surface area contributed by atoms with Crippen molar-refractivity contribution in [3.8, 4) is 12.3 Å². The molecule has 0 aromatic rings. The van der Waals surface area contributed by atoms with Crippen molar-refractivity contribution in [3.63, 3.8) is 0 Å². The van der Waals surface area contributed by atoms with Gasteiger partial charge in [0.25, 0.3) is 0 Å². The molecule has 0 saturated carbocycles. The lowest BCUT2D eigenvalue weighted by Gasteiger charge is -2.41. The lowest BCUT2D eigenvalue weighted by molar-refractivity contribution is 0.407. The fraction of sp³-hybridized carbons (Fsp3) is 0.800. The summed E-state index contributed by atoms with van der Waals surface area (Å²) in [6.45, 7) is 0. The predicted molar refractivity (Wildman–Crippen MR) is 48.7 cm³/mol. The summed E-state index contributed by atoms with van der Waals surface area (Å²) in [6, 6.07) is 0. The van der Waals surface area contributed by atoms with E-state index in [-0.39, 0.29) is 5.31 Å². The molecule has 0 aliphatic carbocycles. The first-order valence-corrected chi connectivity index (χ1v) is 4.68. The number of fused-ring (bicyclic) bond motifs is 2. The highest BCUT2D eigenvalue weighted by molar-refractivity contribution is 6.44. The van der Waals surface area contributed by atoms with Crippen LogP contribution in [0.2, 0.25) is 11.1 Å². The highest BCUT2D eigenvalue weighted by Gasteiger charge is 2.38. The molecule has 2 aliphatic heterocycles. The van der Waals surface area contributed by atoms with Crippen LogP contribution >= 0.6 is 0 Å². The number of rotatable bonds is 0. The van der Waals surface area contributed by atoms with Crippen LogP contribution in [0.5, 0.6) is 0 Å². The molecule has 57 valence electrons. The molecule has 2 rings (SSSR count). The van der Waals surface area contributed by atoms with Gasteiger partial charge < -0.3 is 0 Å². The largest absolute Gasteiger partial charge is 0.138 e. The molecular formula is C10H14B. The van der Waals surface area contributed by atoms with E-state index < -0.39 is 0 Å². The zero-order valence-electron chi connectivity index (χ0n) is 6.97. The Morgan fingerprint density at radius 2 is 1.91 bits per heavy atom. The van der Waals surface area contributed by atoms with Gasteiger partial charge in [-0.05, 0) is 12.8 Å². The maximum Gasteiger partial charge on any atom is 0.138 e. The third-order valence-electron chi connectivity index (χ3n) is 3.24. The van der Waals surface area contributed by atoms with Crippen LogP contribution in [0.25, 0.3) is 0 Å². The van der Waals surface area contributed by atoms with E-state index in [9.17, 15) is 0 Å². The third kappa shape index (κ3) is 1.20. The minimum absolute atomic E-state index is 0.223. The van der Waals surface area contributed by atoms with Crippen molar-refractivity contribution in [2.45, 2.75) is 49.7 Å². The van der Waals surface area contributed by atoms with Crippen molar-refractivity contribution in [2.75, 3.05) is 0 Å². The van der Waals surface area contributed by atoms with Crippen molar-refractivity contribution in [3.05, 3.63) is 0 Å². The first-order valence-electron chi connectivity index (χ1n) is 4.68. The summed E-state index contributed by atoms with van der Waals surface area (Å²) >= 11 is 0. The van der Waals surface area contributed by atoms with Gasteiger partial charge in [-0.3, -0.25) is 0 Å². The quantitative estimate of drug-likeness (QED) is 0.363. The molecule has 2 saturated heterocycles. The second-order valence-electron chi connectivity index (χ2n) is 4.01. The average Bonchev–Trinajstić information content (AvgIpc) is 2.05. The van der Waals surface area contributed by atoms with Gasteiger partial charge in [0.1, 0.15) is 7.28 Å². The molecule has 0 aromatic carbocycles. The highest BCUT2D eigenvalue weighted by atomic mass is 14.3. The van der Waals surface area contributed by atoms with Gasteiger partial charge in [-0.1, -0.05) is 31.5 Å². The molecule has 0 N–H and O–H groups in total. The Bertz CT molecular complexity index is 180. The monoisotopic (exact) mass is 145 g/mol. The van der Waals surface area contributed by atoms with Crippen LogP contribution in [0, 0.1) is 12.3 Å². The Balaban J connectivity index is 2.15. The fourth-order valence-corrected chi connectivity index (χ4v) is 2.61. The zero-order valence-corrected chi connectivity index (χ0v) is 6.97. The molecule has 2 bridgehead atoms. The summed E-state index contributed by atoms with van der Waals surface area (Å²) in [5.74, 6) is 3.85. The van der Waals surface area contributed by atoms with E-state index in [1.165, 1.54) is 38.5 Å². The molecule has 0 amide bonds. The molecule has 11 heavy (non-hydrogen) atoms. The molecule has 2 heterocycles. The van der Waals surface area contributed by atoms with Crippen LogP contribution in [-0.2, 0) is 0 Å². The van der Waals surface area contributed by atoms with Gasteiger partial charge in [0.15, 0.2) is 0 Å². The molecule has 0 aromatic heterocycles. The predicted octanol–water partition coefficient (Wildman–Crippen LogP) is 2.64. The summed E-state index contributed by atoms with van der Waals surface area (Å²) in [6.07, 6.45) is 13.6. The summed E-state index contributed by atoms with van der Waals surface area (Å²) in [5.41, 5.74) is 0. The van der Waals surface area contributed by atoms with Crippen molar-refractivity contribution < 1.29 is 0 Å². The molecule has 2 aliphatic rings. The first-order chi connectivity index (χ1) is 5.35. The molecule has 0 atom stereocenters. The Hall–Kier alpha value is -0.375. The van der Waals surface area contributed by atoms with Gasteiger partial charge in [-0.2, -0.15) is 0 Å². The van der Waals surface area contributed by atoms with Crippen LogP contribution in [0.1, 0.15) is 38.5 Å². The fourth-order valence-electron chi connectivity index (χ4n) is 2.61. The van der Waals surface area contributed by atoms with Gasteiger partial charge in [0, 0.05) is 5.31 Å². The van der Waals surface area contributed by atoms with Crippen molar-refractivity contribution in [2.24, 2.45) is 0 Å². The smallest absolute Gasteiger partial charge is 0.120 e. The van der Waals surface area contributed by atoms with Gasteiger partial charge in [-0.25, -0.2) is 0 Å². The molecule has 0 spiro atoms. The molecule has 0 unspecified atom stereocenters. The number of hydrogen-bond acceptors (Lipinski definition) is 0. The van der Waals surface area contributed by atoms with Crippen LogP contribution in [-0.4, -0.2) is 7.28 Å². The normalized spacial score (nSPS) is 42.3. The molecule has 1 heteroatoms. The highest BCUT2D eigenvalue weighted by Crippen LogP contribution is 2.50. The standard InChI is InChI=1S/C10H14B/c1-2-10-7-3-5-9(11-10)6-4-8-10/h1,9H,3-8H2. The first kappa shape index (κ1) is 7.28. The minimum Gasteiger partial charge on any atom is -0.120 e. The van der Waals surface area contributed by atoms with Crippen LogP contribution in [0.15, 0.2) is 0 Å². The van der Waals surface area contributed by atoms with E-state index in [1.54, 1.807) is 0 Å². The summed E-state index contributed by atoms with van der Waals surface area (Å²) in [7, 11) is 2.46. The minimum atomic E-state index is 0.223. The molecular weight excluding hydrogens is 131 g/mol. The Morgan fingerprint density at radius 3 is 2.36 bits per heavy atom. The topological polar surface area (TPSA) is 0 Å². The molecule has 1 radical (unpaired) electrons. The van der Waals surface area contributed by atoms with Gasteiger partial charge in [0.2, 0.25) is 0 Å². The maximum absolute atomic E-state index is 5.56. The van der Waals surface area contributed by atoms with E-state index in [0.717, 1.165) is 5.82 Å². The van der Waals surface area contributed by atoms with Gasteiger partial charge in [-0.15, -0.1) is 12.3 Å². The average molecular weight is 145 g/mol. The van der Waals surface area contributed by atoms with E-state index in [0.29, 0.717) is 0 Å². The molecule has 2 fully saturated rings. The van der Waals surface area contributed by atoms with Crippen molar-refractivity contribution in [1.82, 2.24) is 0 Å². The summed E-state index contributed by atoms with van der Waals surface area (Å²) in [5, 5.41) is 0.223. The van der Waals surface area contributed by atoms with Crippen LogP contribution in [0.3, 0.4) is 0 Å². The van der Waals surface area contributed by atoms with E-state index in [1.807, 2.05) is 0 Å². The zero-order chi connectivity index (χ0) is 7.73. The summed E-state index contributed by atoms with van der Waals surface area (Å²) < 4.78 is 0. The van der Waals surface area contributed by atoms with Crippen molar-refractivity contribution >= 4 is 7.28 Å². The van der Waals surface area contributed by atoms with Gasteiger partial charge in [0.05, 0.1) is 0 Å². The van der Waals surface area contributed by atoms with Crippen LogP contribution < -0.4 is 0 Å². The Labute approximate surface area is 70.0 Å². The van der Waals surface area contributed by atoms with E-state index >= 15 is 0 Å². The Kier molecular flexibility index (Phi) is 1.72. The van der Waals surface area contributed by atoms with Gasteiger partial charge >= 0.3 is 0 Å². The lowest BCUT2D eigenvalue weighted by Crippen LogP contribution is -2.31. The SMILES string of the molecule is C#CC12[B]C(CCC1)CCC2. The second kappa shape index (κ2) is 2.59. The third-order valence-corrected chi connectivity index (χ3v) is 3.24. The molecule has 0 nitrogen and oxygen atoms in total. The number of hydrogen-bond donors (Lipinski definition) is 0. The second-order valence-corrected chi connectivity index (χ2v) is 4.01. The van der Waals surface area contributed by atoms with E-state index in [4.69, 9.17) is 6.42 Å². The maximum atomic E-state index is 5.56. The van der Waals surface area contributed by atoms with E-state index in [2.05, 4.69) is 13.2 Å². The Morgan fingerprint density at radius 1 is 1.27 bits per heavy atom. The van der Waals surface area contributed by atoms with Crippen molar-refractivity contribution in [1.29, 1.82) is 0 Å². The number of terminal acetylenes is 1. The van der Waals surface area contributed by atoms with Crippen LogP contribution in [0.4, 0.5) is 0 Å². The summed E-state index contributed by atoms with van der Waals surface area (Å²) in [4.78, 5) is 0.